The molecule has 208 valence electrons. The monoisotopic (exact) mass is 519 g/mol. The van der Waals surface area contributed by atoms with Crippen LogP contribution in [0.1, 0.15) is 93.6 Å². The van der Waals surface area contributed by atoms with E-state index < -0.39 is 42.0 Å². The largest absolute Gasteiger partial charge is 0.494 e. The van der Waals surface area contributed by atoms with Gasteiger partial charge in [-0.25, -0.2) is 9.59 Å². The van der Waals surface area contributed by atoms with Gasteiger partial charge in [-0.15, -0.1) is 0 Å². The van der Waals surface area contributed by atoms with Gasteiger partial charge in [-0.3, -0.25) is 0 Å². The summed E-state index contributed by atoms with van der Waals surface area (Å²) in [5.74, 6) is 0.130. The summed E-state index contributed by atoms with van der Waals surface area (Å²) in [5, 5.41) is 2.70. The highest BCUT2D eigenvalue weighted by Crippen LogP contribution is 2.36. The molecule has 1 N–H and O–H groups in total. The van der Waals surface area contributed by atoms with E-state index in [1.807, 2.05) is 52.8 Å². The van der Waals surface area contributed by atoms with Crippen molar-refractivity contribution in [2.45, 2.75) is 117 Å². The topological polar surface area (TPSA) is 92.3 Å². The number of carbonyl (C=O) groups is 2. The number of amides is 1. The Morgan fingerprint density at radius 2 is 1.59 bits per heavy atom. The van der Waals surface area contributed by atoms with Gasteiger partial charge < -0.3 is 28.8 Å². The summed E-state index contributed by atoms with van der Waals surface area (Å²) in [5.41, 5.74) is -0.120. The number of alkyl carbamates (subject to hydrolysis) is 1. The molecule has 8 nitrogen and oxygen atoms in total. The summed E-state index contributed by atoms with van der Waals surface area (Å²) in [4.78, 5) is 25.6. The smallest absolute Gasteiger partial charge is 0.493 e. The first-order valence-electron chi connectivity index (χ1n) is 13.5. The minimum atomic E-state index is -0.950. The van der Waals surface area contributed by atoms with E-state index in [-0.39, 0.29) is 13.0 Å². The van der Waals surface area contributed by atoms with Gasteiger partial charge in [0.1, 0.15) is 17.4 Å². The van der Waals surface area contributed by atoms with Crippen LogP contribution in [0, 0.1) is 0 Å². The Kier molecular flexibility index (Phi) is 10.9. The average Bonchev–Trinajstić information content (AvgIpc) is 3.00. The second-order valence-electron chi connectivity index (χ2n) is 11.6. The van der Waals surface area contributed by atoms with Crippen LogP contribution in [0.2, 0.25) is 0 Å². The van der Waals surface area contributed by atoms with Crippen LogP contribution in [0.3, 0.4) is 0 Å². The third-order valence-corrected chi connectivity index (χ3v) is 6.51. The Bertz CT molecular complexity index is 894. The fourth-order valence-electron chi connectivity index (χ4n) is 3.63. The van der Waals surface area contributed by atoms with Gasteiger partial charge in [0, 0.05) is 6.42 Å². The summed E-state index contributed by atoms with van der Waals surface area (Å²) < 4.78 is 29.4. The van der Waals surface area contributed by atoms with Crippen LogP contribution in [0.15, 0.2) is 18.2 Å². The molecule has 0 radical (unpaired) electrons. The highest BCUT2D eigenvalue weighted by Gasteiger charge is 2.51. The van der Waals surface area contributed by atoms with E-state index in [4.69, 9.17) is 23.5 Å². The molecule has 1 heterocycles. The number of nitrogens with one attached hydrogen (secondary N) is 1. The number of hydrogen-bond donors (Lipinski definition) is 1. The van der Waals surface area contributed by atoms with E-state index in [0.29, 0.717) is 12.4 Å². The Balaban J connectivity index is 2.36. The van der Waals surface area contributed by atoms with Crippen LogP contribution >= 0.6 is 0 Å². The van der Waals surface area contributed by atoms with E-state index in [2.05, 4.69) is 12.2 Å². The highest BCUT2D eigenvalue weighted by atomic mass is 16.7. The number of hydrogen-bond acceptors (Lipinski definition) is 7. The minimum absolute atomic E-state index is 0.166. The maximum absolute atomic E-state index is 13.0. The maximum atomic E-state index is 13.0. The van der Waals surface area contributed by atoms with E-state index in [0.717, 1.165) is 36.7 Å². The molecule has 1 fully saturated rings. The van der Waals surface area contributed by atoms with Crippen molar-refractivity contribution < 1.29 is 33.1 Å². The number of carbonyl (C=O) groups excluding carboxylic acids is 2. The molecule has 0 bridgehead atoms. The van der Waals surface area contributed by atoms with Gasteiger partial charge in [-0.2, -0.15) is 0 Å². The van der Waals surface area contributed by atoms with Crippen LogP contribution in [0.5, 0.6) is 5.75 Å². The Morgan fingerprint density at radius 3 is 2.16 bits per heavy atom. The first-order chi connectivity index (χ1) is 17.2. The van der Waals surface area contributed by atoms with E-state index >= 15 is 0 Å². The molecule has 1 atom stereocenters. The predicted octanol–water partition coefficient (Wildman–Crippen LogP) is 4.94. The Labute approximate surface area is 223 Å². The number of unbranched alkanes of at least 4 members (excludes halogenated alkanes) is 2. The molecule has 1 amide bonds. The average molecular weight is 519 g/mol. The van der Waals surface area contributed by atoms with Crippen molar-refractivity contribution in [3.63, 3.8) is 0 Å². The molecular formula is C28H46BNO7. The molecule has 0 saturated carbocycles. The fourth-order valence-corrected chi connectivity index (χ4v) is 3.63. The normalized spacial score (nSPS) is 17.3. The molecule has 0 unspecified atom stereocenters. The standard InChI is InChI=1S/C28H46BNO7/c1-10-12-16-33-23-15-14-21(29-36-27(6,7)28(8,9)37-29)18-20(23)19-22(24(31)34-17-13-11-2)30-25(32)35-26(3,4)5/h14-15,18,22H,10-13,16-17,19H2,1-9H3,(H,30,32)/t22-/m0/s1. The van der Waals surface area contributed by atoms with Crippen LogP contribution in [0.25, 0.3) is 0 Å². The molecule has 0 aromatic heterocycles. The maximum Gasteiger partial charge on any atom is 0.494 e. The highest BCUT2D eigenvalue weighted by molar-refractivity contribution is 6.62. The summed E-state index contributed by atoms with van der Waals surface area (Å²) in [6.07, 6.45) is 3.02. The molecule has 0 aliphatic carbocycles. The quantitative estimate of drug-likeness (QED) is 0.238. The van der Waals surface area contributed by atoms with E-state index in [9.17, 15) is 9.59 Å². The van der Waals surface area contributed by atoms with Crippen LogP contribution in [-0.4, -0.2) is 55.2 Å². The van der Waals surface area contributed by atoms with Gasteiger partial charge in [-0.1, -0.05) is 38.8 Å². The van der Waals surface area contributed by atoms with Gasteiger partial charge in [0.2, 0.25) is 0 Å². The van der Waals surface area contributed by atoms with E-state index in [1.54, 1.807) is 20.8 Å². The Hall–Kier alpha value is -2.26. The lowest BCUT2D eigenvalue weighted by Gasteiger charge is -2.32. The summed E-state index contributed by atoms with van der Waals surface area (Å²) in [6.45, 7) is 18.3. The summed E-state index contributed by atoms with van der Waals surface area (Å²) in [6, 6.07) is 4.77. The first-order valence-corrected chi connectivity index (χ1v) is 13.5. The molecule has 1 aromatic carbocycles. The molecule has 1 aliphatic rings. The first kappa shape index (κ1) is 31.0. The number of esters is 1. The van der Waals surface area contributed by atoms with Crippen molar-refractivity contribution in [3.8, 4) is 5.75 Å². The SMILES string of the molecule is CCCCOC(=O)[C@H](Cc1cc(B2OC(C)(C)C(C)(C)O2)ccc1OCCCC)NC(=O)OC(C)(C)C. The van der Waals surface area contributed by atoms with Gasteiger partial charge >= 0.3 is 19.2 Å². The zero-order valence-electron chi connectivity index (χ0n) is 24.2. The number of rotatable bonds is 12. The lowest BCUT2D eigenvalue weighted by atomic mass is 9.78. The third-order valence-electron chi connectivity index (χ3n) is 6.51. The molecule has 1 aliphatic heterocycles. The molecule has 1 saturated heterocycles. The van der Waals surface area contributed by atoms with Crippen molar-refractivity contribution >= 4 is 24.6 Å². The van der Waals surface area contributed by atoms with Crippen molar-refractivity contribution in [1.82, 2.24) is 5.32 Å². The molecule has 2 rings (SSSR count). The van der Waals surface area contributed by atoms with Crippen LogP contribution in [-0.2, 0) is 30.0 Å². The lowest BCUT2D eigenvalue weighted by Crippen LogP contribution is -2.46. The predicted molar refractivity (Wildman–Crippen MR) is 145 cm³/mol. The second-order valence-corrected chi connectivity index (χ2v) is 11.6. The van der Waals surface area contributed by atoms with Crippen molar-refractivity contribution in [1.29, 1.82) is 0 Å². The molecule has 1 aromatic rings. The molecule has 0 spiro atoms. The molecular weight excluding hydrogens is 473 g/mol. The number of ether oxygens (including phenoxy) is 3. The van der Waals surface area contributed by atoms with Gasteiger partial charge in [0.05, 0.1) is 24.4 Å². The van der Waals surface area contributed by atoms with Gasteiger partial charge in [0.15, 0.2) is 0 Å². The molecule has 9 heteroatoms. The van der Waals surface area contributed by atoms with Crippen LogP contribution < -0.4 is 15.5 Å². The second kappa shape index (κ2) is 13.0. The van der Waals surface area contributed by atoms with Crippen molar-refractivity contribution in [2.75, 3.05) is 13.2 Å². The van der Waals surface area contributed by atoms with Crippen molar-refractivity contribution in [3.05, 3.63) is 23.8 Å². The summed E-state index contributed by atoms with van der Waals surface area (Å²) in [7, 11) is -0.567. The Morgan fingerprint density at radius 1 is 1.00 bits per heavy atom. The fraction of sp³-hybridized carbons (Fsp3) is 0.714. The zero-order valence-corrected chi connectivity index (χ0v) is 24.2. The van der Waals surface area contributed by atoms with Crippen LogP contribution in [0.4, 0.5) is 4.79 Å². The number of benzene rings is 1. The summed E-state index contributed by atoms with van der Waals surface area (Å²) >= 11 is 0. The van der Waals surface area contributed by atoms with Crippen molar-refractivity contribution in [2.24, 2.45) is 0 Å². The third kappa shape index (κ3) is 9.22. The van der Waals surface area contributed by atoms with Gasteiger partial charge in [-0.05, 0) is 78.4 Å². The van der Waals surface area contributed by atoms with E-state index in [1.165, 1.54) is 0 Å². The molecule has 37 heavy (non-hydrogen) atoms. The zero-order chi connectivity index (χ0) is 27.9. The minimum Gasteiger partial charge on any atom is -0.493 e. The van der Waals surface area contributed by atoms with Gasteiger partial charge in [0.25, 0.3) is 0 Å². The lowest BCUT2D eigenvalue weighted by molar-refractivity contribution is -0.146.